The number of halogens is 1. The first-order chi connectivity index (χ1) is 12.8. The minimum atomic E-state index is 0. The van der Waals surface area contributed by atoms with Crippen LogP contribution in [0.4, 0.5) is 0 Å². The lowest BCUT2D eigenvalue weighted by Crippen LogP contribution is -2.42. The van der Waals surface area contributed by atoms with Crippen molar-refractivity contribution in [3.8, 4) is 17.4 Å². The SMILES string of the molecule is CCOc1ccccc1Oc1ccc(CN=C(N)N2CCSCC2)cn1.I. The molecular formula is C19H25IN4O2S. The maximum Gasteiger partial charge on any atom is 0.219 e. The van der Waals surface area contributed by atoms with Crippen LogP contribution in [-0.2, 0) is 6.54 Å². The summed E-state index contributed by atoms with van der Waals surface area (Å²) in [5.41, 5.74) is 7.07. The number of rotatable bonds is 6. The minimum Gasteiger partial charge on any atom is -0.490 e. The van der Waals surface area contributed by atoms with Crippen LogP contribution < -0.4 is 15.2 Å². The number of thioether (sulfide) groups is 1. The van der Waals surface area contributed by atoms with E-state index in [1.54, 1.807) is 6.20 Å². The van der Waals surface area contributed by atoms with Gasteiger partial charge in [0.2, 0.25) is 5.88 Å². The Kier molecular flexibility index (Phi) is 8.99. The van der Waals surface area contributed by atoms with Gasteiger partial charge in [-0.1, -0.05) is 18.2 Å². The summed E-state index contributed by atoms with van der Waals surface area (Å²) in [5.74, 6) is 4.69. The van der Waals surface area contributed by atoms with E-state index in [9.17, 15) is 0 Å². The topological polar surface area (TPSA) is 73.0 Å². The molecule has 0 spiro atoms. The molecular weight excluding hydrogens is 475 g/mol. The van der Waals surface area contributed by atoms with E-state index in [4.69, 9.17) is 15.2 Å². The Hall–Kier alpha value is -1.68. The van der Waals surface area contributed by atoms with Gasteiger partial charge in [0.15, 0.2) is 17.5 Å². The standard InChI is InChI=1S/C19H24N4O2S.HI/c1-2-24-16-5-3-4-6-17(16)25-18-8-7-15(13-21-18)14-22-19(20)23-9-11-26-12-10-23;/h3-8,13H,2,9-12,14H2,1H3,(H2,20,22);1H. The number of pyridine rings is 1. The minimum absolute atomic E-state index is 0. The van der Waals surface area contributed by atoms with Gasteiger partial charge in [-0.05, 0) is 24.6 Å². The van der Waals surface area contributed by atoms with E-state index in [0.717, 1.165) is 30.2 Å². The van der Waals surface area contributed by atoms with E-state index in [2.05, 4.69) is 14.9 Å². The Morgan fingerprint density at radius 2 is 1.93 bits per heavy atom. The van der Waals surface area contributed by atoms with Gasteiger partial charge in [0, 0.05) is 36.9 Å². The van der Waals surface area contributed by atoms with Crippen LogP contribution in [0.1, 0.15) is 12.5 Å². The fraction of sp³-hybridized carbons (Fsp3) is 0.368. The van der Waals surface area contributed by atoms with E-state index in [1.165, 1.54) is 0 Å². The Morgan fingerprint density at radius 1 is 1.19 bits per heavy atom. The van der Waals surface area contributed by atoms with Crippen LogP contribution >= 0.6 is 35.7 Å². The van der Waals surface area contributed by atoms with Gasteiger partial charge in [-0.25, -0.2) is 9.98 Å². The molecule has 0 saturated carbocycles. The molecule has 146 valence electrons. The molecule has 0 bridgehead atoms. The summed E-state index contributed by atoms with van der Waals surface area (Å²) in [6, 6.07) is 11.3. The zero-order valence-corrected chi connectivity index (χ0v) is 18.5. The third-order valence-corrected chi connectivity index (χ3v) is 4.86. The summed E-state index contributed by atoms with van der Waals surface area (Å²) in [7, 11) is 0. The smallest absolute Gasteiger partial charge is 0.219 e. The first-order valence-electron chi connectivity index (χ1n) is 8.73. The van der Waals surface area contributed by atoms with Crippen molar-refractivity contribution in [1.82, 2.24) is 9.88 Å². The van der Waals surface area contributed by atoms with Gasteiger partial charge >= 0.3 is 0 Å². The van der Waals surface area contributed by atoms with Gasteiger partial charge in [-0.15, -0.1) is 24.0 Å². The lowest BCUT2D eigenvalue weighted by molar-refractivity contribution is 0.319. The largest absolute Gasteiger partial charge is 0.490 e. The molecule has 1 aromatic carbocycles. The second-order valence-electron chi connectivity index (χ2n) is 5.76. The highest BCUT2D eigenvalue weighted by Crippen LogP contribution is 2.30. The maximum atomic E-state index is 6.08. The van der Waals surface area contributed by atoms with Crippen molar-refractivity contribution in [3.63, 3.8) is 0 Å². The van der Waals surface area contributed by atoms with Gasteiger partial charge in [0.05, 0.1) is 13.2 Å². The van der Waals surface area contributed by atoms with Crippen LogP contribution in [-0.4, -0.2) is 47.0 Å². The van der Waals surface area contributed by atoms with Gasteiger partial charge in [0.1, 0.15) is 0 Å². The van der Waals surface area contributed by atoms with Crippen LogP contribution in [0.15, 0.2) is 47.6 Å². The second-order valence-corrected chi connectivity index (χ2v) is 6.99. The first-order valence-corrected chi connectivity index (χ1v) is 9.89. The highest BCUT2D eigenvalue weighted by Gasteiger charge is 2.12. The molecule has 0 radical (unpaired) electrons. The molecule has 1 aliphatic heterocycles. The number of hydrogen-bond acceptors (Lipinski definition) is 5. The molecule has 3 rings (SSSR count). The summed E-state index contributed by atoms with van der Waals surface area (Å²) in [4.78, 5) is 11.0. The molecule has 6 nitrogen and oxygen atoms in total. The zero-order chi connectivity index (χ0) is 18.2. The summed E-state index contributed by atoms with van der Waals surface area (Å²) in [6.07, 6.45) is 1.77. The molecule has 2 heterocycles. The van der Waals surface area contributed by atoms with E-state index in [-0.39, 0.29) is 24.0 Å². The molecule has 1 saturated heterocycles. The zero-order valence-electron chi connectivity index (χ0n) is 15.3. The van der Waals surface area contributed by atoms with Crippen molar-refractivity contribution in [2.24, 2.45) is 10.7 Å². The Morgan fingerprint density at radius 3 is 2.59 bits per heavy atom. The average Bonchev–Trinajstić information content (AvgIpc) is 2.69. The molecule has 2 aromatic rings. The van der Waals surface area contributed by atoms with E-state index < -0.39 is 0 Å². The highest BCUT2D eigenvalue weighted by atomic mass is 127. The molecule has 0 aliphatic carbocycles. The lowest BCUT2D eigenvalue weighted by Gasteiger charge is -2.27. The van der Waals surface area contributed by atoms with E-state index in [0.29, 0.717) is 36.5 Å². The molecule has 1 aromatic heterocycles. The predicted octanol–water partition coefficient (Wildman–Crippen LogP) is 3.75. The third-order valence-electron chi connectivity index (χ3n) is 3.92. The number of para-hydroxylation sites is 2. The van der Waals surface area contributed by atoms with Crippen molar-refractivity contribution >= 4 is 41.7 Å². The number of nitrogens with two attached hydrogens (primary N) is 1. The number of guanidine groups is 1. The number of ether oxygens (including phenoxy) is 2. The normalized spacial score (nSPS) is 14.4. The molecule has 27 heavy (non-hydrogen) atoms. The van der Waals surface area contributed by atoms with Crippen LogP contribution in [0.3, 0.4) is 0 Å². The Balaban J connectivity index is 0.00000261. The van der Waals surface area contributed by atoms with Crippen LogP contribution in [0.2, 0.25) is 0 Å². The number of benzene rings is 1. The molecule has 2 N–H and O–H groups in total. The van der Waals surface area contributed by atoms with Crippen LogP contribution in [0.5, 0.6) is 17.4 Å². The van der Waals surface area contributed by atoms with Crippen molar-refractivity contribution in [2.45, 2.75) is 13.5 Å². The number of hydrogen-bond donors (Lipinski definition) is 1. The quantitative estimate of drug-likeness (QED) is 0.370. The van der Waals surface area contributed by atoms with E-state index >= 15 is 0 Å². The first kappa shape index (κ1) is 21.6. The predicted molar refractivity (Wildman–Crippen MR) is 122 cm³/mol. The van der Waals surface area contributed by atoms with Gasteiger partial charge in [-0.2, -0.15) is 11.8 Å². The molecule has 8 heteroatoms. The monoisotopic (exact) mass is 500 g/mol. The summed E-state index contributed by atoms with van der Waals surface area (Å²) < 4.78 is 11.4. The molecule has 1 aliphatic rings. The fourth-order valence-corrected chi connectivity index (χ4v) is 3.45. The lowest BCUT2D eigenvalue weighted by atomic mass is 10.3. The highest BCUT2D eigenvalue weighted by molar-refractivity contribution is 14.0. The molecule has 0 unspecified atom stereocenters. The molecule has 0 atom stereocenters. The Labute approximate surface area is 181 Å². The van der Waals surface area contributed by atoms with E-state index in [1.807, 2.05) is 55.1 Å². The summed E-state index contributed by atoms with van der Waals surface area (Å²) in [5, 5.41) is 0. The Bertz CT molecular complexity index is 737. The average molecular weight is 500 g/mol. The fourth-order valence-electron chi connectivity index (χ4n) is 2.55. The van der Waals surface area contributed by atoms with Crippen LogP contribution in [0, 0.1) is 0 Å². The van der Waals surface area contributed by atoms with Gasteiger partial charge in [-0.3, -0.25) is 0 Å². The number of aliphatic imine (C=N–C) groups is 1. The van der Waals surface area contributed by atoms with Gasteiger partial charge < -0.3 is 20.1 Å². The molecule has 0 amide bonds. The summed E-state index contributed by atoms with van der Waals surface area (Å²) >= 11 is 1.95. The number of aromatic nitrogens is 1. The third kappa shape index (κ3) is 6.46. The van der Waals surface area contributed by atoms with Crippen LogP contribution in [0.25, 0.3) is 0 Å². The summed E-state index contributed by atoms with van der Waals surface area (Å²) in [6.45, 7) is 4.97. The van der Waals surface area contributed by atoms with Crippen molar-refractivity contribution < 1.29 is 9.47 Å². The maximum absolute atomic E-state index is 6.08. The van der Waals surface area contributed by atoms with Gasteiger partial charge in [0.25, 0.3) is 0 Å². The van der Waals surface area contributed by atoms with Crippen molar-refractivity contribution in [2.75, 3.05) is 31.2 Å². The number of nitrogens with zero attached hydrogens (tertiary/aromatic N) is 3. The molecule has 1 fully saturated rings. The van der Waals surface area contributed by atoms with Crippen molar-refractivity contribution in [1.29, 1.82) is 0 Å². The van der Waals surface area contributed by atoms with Crippen molar-refractivity contribution in [3.05, 3.63) is 48.2 Å². The second kappa shape index (κ2) is 11.2.